The number of nitrogens with zero attached hydrogens (tertiary/aromatic N) is 2. The Morgan fingerprint density at radius 2 is 1.86 bits per heavy atom. The van der Waals surface area contributed by atoms with Crippen molar-refractivity contribution in [2.75, 3.05) is 0 Å². The number of furan rings is 1. The summed E-state index contributed by atoms with van der Waals surface area (Å²) >= 11 is 0. The molecular formula is C17H13N3O. The Balaban J connectivity index is 1.93. The van der Waals surface area contributed by atoms with Gasteiger partial charge in [0.15, 0.2) is 0 Å². The van der Waals surface area contributed by atoms with Crippen LogP contribution in [0.25, 0.3) is 33.4 Å². The van der Waals surface area contributed by atoms with Crippen LogP contribution in [-0.2, 0) is 0 Å². The summed E-state index contributed by atoms with van der Waals surface area (Å²) in [5, 5.41) is 8.59. The Kier molecular flexibility index (Phi) is 2.60. The molecular weight excluding hydrogens is 262 g/mol. The van der Waals surface area contributed by atoms with E-state index in [0.29, 0.717) is 0 Å². The van der Waals surface area contributed by atoms with E-state index in [4.69, 9.17) is 4.42 Å². The summed E-state index contributed by atoms with van der Waals surface area (Å²) in [5.74, 6) is 0. The van der Waals surface area contributed by atoms with Crippen molar-refractivity contribution in [2.24, 2.45) is 0 Å². The molecule has 4 heteroatoms. The molecule has 0 bridgehead atoms. The van der Waals surface area contributed by atoms with Crippen LogP contribution in [0.1, 0.15) is 5.69 Å². The van der Waals surface area contributed by atoms with E-state index in [0.717, 1.165) is 39.0 Å². The third-order valence-corrected chi connectivity index (χ3v) is 3.66. The number of benzene rings is 1. The van der Waals surface area contributed by atoms with Gasteiger partial charge in [-0.25, -0.2) is 0 Å². The summed E-state index contributed by atoms with van der Waals surface area (Å²) in [6, 6.07) is 12.1. The molecule has 4 aromatic rings. The van der Waals surface area contributed by atoms with E-state index in [1.807, 2.05) is 31.2 Å². The van der Waals surface area contributed by atoms with Crippen LogP contribution in [0, 0.1) is 6.92 Å². The average molecular weight is 275 g/mol. The summed E-state index contributed by atoms with van der Waals surface area (Å²) in [4.78, 5) is 4.08. The molecule has 0 fully saturated rings. The van der Waals surface area contributed by atoms with Crippen LogP contribution in [0.4, 0.5) is 0 Å². The molecule has 1 N–H and O–H groups in total. The molecule has 3 aromatic heterocycles. The summed E-state index contributed by atoms with van der Waals surface area (Å²) in [6.07, 6.45) is 5.29. The predicted molar refractivity (Wildman–Crippen MR) is 81.8 cm³/mol. The van der Waals surface area contributed by atoms with Crippen LogP contribution < -0.4 is 0 Å². The molecule has 0 amide bonds. The van der Waals surface area contributed by atoms with Gasteiger partial charge >= 0.3 is 0 Å². The second-order valence-corrected chi connectivity index (χ2v) is 4.97. The highest BCUT2D eigenvalue weighted by Gasteiger charge is 2.14. The summed E-state index contributed by atoms with van der Waals surface area (Å²) < 4.78 is 5.49. The number of hydrogen-bond acceptors (Lipinski definition) is 3. The van der Waals surface area contributed by atoms with E-state index in [2.05, 4.69) is 27.3 Å². The molecule has 0 saturated carbocycles. The zero-order valence-corrected chi connectivity index (χ0v) is 11.5. The minimum absolute atomic E-state index is 0.875. The monoisotopic (exact) mass is 275 g/mol. The van der Waals surface area contributed by atoms with Gasteiger partial charge in [0, 0.05) is 28.9 Å². The highest BCUT2D eigenvalue weighted by Crippen LogP contribution is 2.34. The topological polar surface area (TPSA) is 54.7 Å². The molecule has 0 aliphatic heterocycles. The lowest BCUT2D eigenvalue weighted by atomic mass is 10.00. The summed E-state index contributed by atoms with van der Waals surface area (Å²) in [6.45, 7) is 2.00. The number of nitrogens with one attached hydrogen (secondary N) is 1. The molecule has 21 heavy (non-hydrogen) atoms. The van der Waals surface area contributed by atoms with Gasteiger partial charge in [-0.1, -0.05) is 12.1 Å². The van der Waals surface area contributed by atoms with Crippen LogP contribution in [0.15, 0.2) is 59.5 Å². The van der Waals surface area contributed by atoms with Gasteiger partial charge < -0.3 is 4.42 Å². The van der Waals surface area contributed by atoms with Crippen molar-refractivity contribution < 1.29 is 4.42 Å². The number of pyridine rings is 1. The third kappa shape index (κ3) is 1.92. The molecule has 4 nitrogen and oxygen atoms in total. The minimum atomic E-state index is 0.875. The molecule has 3 heterocycles. The van der Waals surface area contributed by atoms with Crippen molar-refractivity contribution in [3.05, 3.63) is 60.7 Å². The third-order valence-electron chi connectivity index (χ3n) is 3.66. The van der Waals surface area contributed by atoms with Gasteiger partial charge in [-0.3, -0.25) is 10.1 Å². The quantitative estimate of drug-likeness (QED) is 0.596. The maximum Gasteiger partial charge on any atom is 0.134 e. The summed E-state index contributed by atoms with van der Waals surface area (Å²) in [7, 11) is 0. The number of fused-ring (bicyclic) bond motifs is 1. The van der Waals surface area contributed by atoms with E-state index in [1.165, 1.54) is 0 Å². The number of hydrogen-bond donors (Lipinski definition) is 1. The van der Waals surface area contributed by atoms with E-state index < -0.39 is 0 Å². The molecule has 0 unspecified atom stereocenters. The van der Waals surface area contributed by atoms with Gasteiger partial charge in [0.2, 0.25) is 0 Å². The molecule has 0 radical (unpaired) electrons. The highest BCUT2D eigenvalue weighted by molar-refractivity contribution is 5.88. The van der Waals surface area contributed by atoms with Crippen LogP contribution in [0.5, 0.6) is 0 Å². The van der Waals surface area contributed by atoms with Gasteiger partial charge in [0.05, 0.1) is 17.7 Å². The van der Waals surface area contributed by atoms with Gasteiger partial charge in [-0.2, -0.15) is 5.10 Å². The number of rotatable bonds is 2. The minimum Gasteiger partial charge on any atom is -0.464 e. The fraction of sp³-hybridized carbons (Fsp3) is 0.0588. The standard InChI is InChI=1S/C17H13N3O/c1-11-16(13-4-7-18-8-5-13)17(20-19-11)14-3-2-12-6-9-21-15(12)10-14/h2-10H,1H3,(H,19,20). The number of aromatic nitrogens is 3. The lowest BCUT2D eigenvalue weighted by molar-refractivity contribution is 0.616. The molecule has 0 saturated heterocycles. The second-order valence-electron chi connectivity index (χ2n) is 4.97. The first-order chi connectivity index (χ1) is 10.3. The molecule has 0 aliphatic carbocycles. The Morgan fingerprint density at radius 3 is 2.71 bits per heavy atom. The predicted octanol–water partition coefficient (Wildman–Crippen LogP) is 4.19. The maximum absolute atomic E-state index is 5.49. The van der Waals surface area contributed by atoms with E-state index in [-0.39, 0.29) is 0 Å². The number of aryl methyl sites for hydroxylation is 1. The summed E-state index contributed by atoms with van der Waals surface area (Å²) in [5.41, 5.74) is 6.10. The van der Waals surface area contributed by atoms with Crippen molar-refractivity contribution in [2.45, 2.75) is 6.92 Å². The van der Waals surface area contributed by atoms with Crippen molar-refractivity contribution in [3.63, 3.8) is 0 Å². The lowest BCUT2D eigenvalue weighted by Gasteiger charge is -2.05. The van der Waals surface area contributed by atoms with E-state index >= 15 is 0 Å². The van der Waals surface area contributed by atoms with Crippen molar-refractivity contribution >= 4 is 11.0 Å². The van der Waals surface area contributed by atoms with Crippen LogP contribution in [0.3, 0.4) is 0 Å². The number of H-pyrrole nitrogens is 1. The van der Waals surface area contributed by atoms with Gasteiger partial charge in [0.25, 0.3) is 0 Å². The van der Waals surface area contributed by atoms with Crippen LogP contribution in [0.2, 0.25) is 0 Å². The van der Waals surface area contributed by atoms with Gasteiger partial charge in [0.1, 0.15) is 5.58 Å². The normalized spacial score (nSPS) is 11.1. The smallest absolute Gasteiger partial charge is 0.134 e. The fourth-order valence-corrected chi connectivity index (χ4v) is 2.62. The zero-order chi connectivity index (χ0) is 14.2. The highest BCUT2D eigenvalue weighted by atomic mass is 16.3. The number of aromatic amines is 1. The van der Waals surface area contributed by atoms with Crippen molar-refractivity contribution in [1.29, 1.82) is 0 Å². The van der Waals surface area contributed by atoms with E-state index in [1.54, 1.807) is 18.7 Å². The zero-order valence-electron chi connectivity index (χ0n) is 11.5. The Labute approximate surface area is 121 Å². The van der Waals surface area contributed by atoms with Crippen molar-refractivity contribution in [1.82, 2.24) is 15.2 Å². The first-order valence-electron chi connectivity index (χ1n) is 6.76. The van der Waals surface area contributed by atoms with E-state index in [9.17, 15) is 0 Å². The molecule has 0 atom stereocenters. The fourth-order valence-electron chi connectivity index (χ4n) is 2.62. The molecule has 0 spiro atoms. The Bertz CT molecular complexity index is 906. The molecule has 102 valence electrons. The first-order valence-corrected chi connectivity index (χ1v) is 6.76. The molecule has 0 aliphatic rings. The van der Waals surface area contributed by atoms with Crippen LogP contribution >= 0.6 is 0 Å². The molecule has 4 rings (SSSR count). The second kappa shape index (κ2) is 4.59. The Morgan fingerprint density at radius 1 is 1.00 bits per heavy atom. The average Bonchev–Trinajstić information content (AvgIpc) is 3.13. The largest absolute Gasteiger partial charge is 0.464 e. The maximum atomic E-state index is 5.49. The molecule has 1 aromatic carbocycles. The van der Waals surface area contributed by atoms with Crippen LogP contribution in [-0.4, -0.2) is 15.2 Å². The first kappa shape index (κ1) is 11.9. The van der Waals surface area contributed by atoms with Gasteiger partial charge in [-0.05, 0) is 36.8 Å². The Hall–Kier alpha value is -2.88. The lowest BCUT2D eigenvalue weighted by Crippen LogP contribution is -1.84. The van der Waals surface area contributed by atoms with Gasteiger partial charge in [-0.15, -0.1) is 0 Å². The van der Waals surface area contributed by atoms with Crippen molar-refractivity contribution in [3.8, 4) is 22.4 Å². The SMILES string of the molecule is Cc1n[nH]c(-c2ccc3ccoc3c2)c1-c1ccncc1.